The first-order valence-electron chi connectivity index (χ1n) is 10.9. The lowest BCUT2D eigenvalue weighted by Gasteiger charge is -2.35. The third-order valence-corrected chi connectivity index (χ3v) is 6.10. The maximum absolute atomic E-state index is 13.4. The fraction of sp³-hybridized carbons (Fsp3) is 0.333. The van der Waals surface area contributed by atoms with Crippen LogP contribution in [0, 0.1) is 5.82 Å². The number of para-hydroxylation sites is 1. The molecule has 10 heteroatoms. The Labute approximate surface area is 201 Å². The van der Waals surface area contributed by atoms with Crippen molar-refractivity contribution >= 4 is 23.6 Å². The standard InChI is InChI=1S/C24H25FN4O4S/c1-16-12-28(13-17(2)33-16)21(30)14-32-22(31)15-34-24-27-26-23(18-8-10-19(25)11-9-18)29(24)20-6-4-3-5-7-20/h3-11,16-17H,12-15H2,1-2H3. The summed E-state index contributed by atoms with van der Waals surface area (Å²) in [6.45, 7) is 4.44. The highest BCUT2D eigenvalue weighted by Crippen LogP contribution is 2.28. The number of esters is 1. The Hall–Kier alpha value is -3.24. The number of hydrogen-bond acceptors (Lipinski definition) is 7. The first-order valence-corrected chi connectivity index (χ1v) is 11.9. The van der Waals surface area contributed by atoms with E-state index >= 15 is 0 Å². The van der Waals surface area contributed by atoms with Crippen LogP contribution in [0.3, 0.4) is 0 Å². The number of halogens is 1. The van der Waals surface area contributed by atoms with E-state index in [0.29, 0.717) is 29.6 Å². The topological polar surface area (TPSA) is 86.5 Å². The Balaban J connectivity index is 1.42. The zero-order valence-electron chi connectivity index (χ0n) is 18.9. The van der Waals surface area contributed by atoms with E-state index in [0.717, 1.165) is 17.4 Å². The molecule has 2 atom stereocenters. The molecule has 2 aromatic carbocycles. The second-order valence-electron chi connectivity index (χ2n) is 7.99. The van der Waals surface area contributed by atoms with Crippen LogP contribution >= 0.6 is 11.8 Å². The molecule has 3 aromatic rings. The van der Waals surface area contributed by atoms with Crippen LogP contribution in [0.1, 0.15) is 13.8 Å². The number of aromatic nitrogens is 3. The van der Waals surface area contributed by atoms with Gasteiger partial charge in [-0.15, -0.1) is 10.2 Å². The van der Waals surface area contributed by atoms with Crippen LogP contribution in [-0.4, -0.2) is 69.2 Å². The van der Waals surface area contributed by atoms with Crippen LogP contribution in [0.4, 0.5) is 4.39 Å². The summed E-state index contributed by atoms with van der Waals surface area (Å²) in [4.78, 5) is 26.4. The summed E-state index contributed by atoms with van der Waals surface area (Å²) in [6.07, 6.45) is -0.114. The van der Waals surface area contributed by atoms with Gasteiger partial charge in [-0.1, -0.05) is 30.0 Å². The molecule has 8 nitrogen and oxygen atoms in total. The van der Waals surface area contributed by atoms with Crippen molar-refractivity contribution in [3.8, 4) is 17.1 Å². The van der Waals surface area contributed by atoms with Crippen molar-refractivity contribution in [1.29, 1.82) is 0 Å². The average molecular weight is 485 g/mol. The first kappa shape index (κ1) is 23.9. The number of rotatable bonds is 7. The summed E-state index contributed by atoms with van der Waals surface area (Å²) < 4.78 is 26.0. The minimum atomic E-state index is -0.529. The second kappa shape index (κ2) is 10.8. The molecule has 0 bridgehead atoms. The van der Waals surface area contributed by atoms with Crippen LogP contribution in [0.25, 0.3) is 17.1 Å². The van der Waals surface area contributed by atoms with Gasteiger partial charge in [0.25, 0.3) is 5.91 Å². The van der Waals surface area contributed by atoms with E-state index in [1.54, 1.807) is 21.6 Å². The predicted octanol–water partition coefficient (Wildman–Crippen LogP) is 3.34. The molecule has 1 amide bonds. The molecule has 1 saturated heterocycles. The lowest BCUT2D eigenvalue weighted by molar-refractivity contribution is -0.155. The van der Waals surface area contributed by atoms with Crippen molar-refractivity contribution < 1.29 is 23.5 Å². The van der Waals surface area contributed by atoms with E-state index in [2.05, 4.69) is 10.2 Å². The first-order chi connectivity index (χ1) is 16.4. The lowest BCUT2D eigenvalue weighted by atomic mass is 10.2. The molecule has 0 radical (unpaired) electrons. The molecule has 0 saturated carbocycles. The predicted molar refractivity (Wildman–Crippen MR) is 125 cm³/mol. The Morgan fingerprint density at radius 3 is 2.41 bits per heavy atom. The number of carbonyl (C=O) groups excluding carboxylic acids is 2. The van der Waals surface area contributed by atoms with Crippen LogP contribution in [0.5, 0.6) is 0 Å². The fourth-order valence-electron chi connectivity index (χ4n) is 3.74. The number of ether oxygens (including phenoxy) is 2. The molecule has 0 spiro atoms. The lowest BCUT2D eigenvalue weighted by Crippen LogP contribution is -2.49. The summed E-state index contributed by atoms with van der Waals surface area (Å²) in [5.74, 6) is -0.641. The minimum absolute atomic E-state index is 0.0441. The molecular formula is C24H25FN4O4S. The highest BCUT2D eigenvalue weighted by molar-refractivity contribution is 7.99. The average Bonchev–Trinajstić information content (AvgIpc) is 3.25. The molecule has 0 N–H and O–H groups in total. The normalized spacial score (nSPS) is 18.0. The van der Waals surface area contributed by atoms with Gasteiger partial charge in [0, 0.05) is 24.3 Å². The largest absolute Gasteiger partial charge is 0.455 e. The van der Waals surface area contributed by atoms with Gasteiger partial charge in [0.05, 0.1) is 18.0 Å². The smallest absolute Gasteiger partial charge is 0.316 e. The highest BCUT2D eigenvalue weighted by atomic mass is 32.2. The number of thioether (sulfide) groups is 1. The summed E-state index contributed by atoms with van der Waals surface area (Å²) in [6, 6.07) is 15.4. The van der Waals surface area contributed by atoms with Gasteiger partial charge in [-0.05, 0) is 50.2 Å². The molecule has 1 fully saturated rings. The van der Waals surface area contributed by atoms with Crippen molar-refractivity contribution in [3.63, 3.8) is 0 Å². The molecule has 1 aliphatic rings. The van der Waals surface area contributed by atoms with Crippen molar-refractivity contribution in [2.75, 3.05) is 25.4 Å². The number of amides is 1. The minimum Gasteiger partial charge on any atom is -0.455 e. The molecule has 2 heterocycles. The number of benzene rings is 2. The van der Waals surface area contributed by atoms with Gasteiger partial charge in [0.1, 0.15) is 5.82 Å². The van der Waals surface area contributed by atoms with Gasteiger partial charge in [0.2, 0.25) is 0 Å². The van der Waals surface area contributed by atoms with Crippen LogP contribution in [-0.2, 0) is 19.1 Å². The Kier molecular flexibility index (Phi) is 7.59. The Morgan fingerprint density at radius 2 is 1.74 bits per heavy atom. The molecule has 2 unspecified atom stereocenters. The van der Waals surface area contributed by atoms with E-state index in [9.17, 15) is 14.0 Å². The van der Waals surface area contributed by atoms with Crippen molar-refractivity contribution in [2.45, 2.75) is 31.2 Å². The van der Waals surface area contributed by atoms with Gasteiger partial charge in [-0.3, -0.25) is 14.2 Å². The van der Waals surface area contributed by atoms with Crippen LogP contribution < -0.4 is 0 Å². The van der Waals surface area contributed by atoms with Gasteiger partial charge >= 0.3 is 5.97 Å². The molecule has 34 heavy (non-hydrogen) atoms. The van der Waals surface area contributed by atoms with Crippen LogP contribution in [0.15, 0.2) is 59.8 Å². The summed E-state index contributed by atoms with van der Waals surface area (Å²) >= 11 is 1.15. The Morgan fingerprint density at radius 1 is 1.06 bits per heavy atom. The third kappa shape index (κ3) is 5.81. The van der Waals surface area contributed by atoms with Crippen molar-refractivity contribution in [1.82, 2.24) is 19.7 Å². The number of carbonyl (C=O) groups is 2. The summed E-state index contributed by atoms with van der Waals surface area (Å²) in [5, 5.41) is 8.98. The zero-order valence-corrected chi connectivity index (χ0v) is 19.7. The fourth-order valence-corrected chi connectivity index (χ4v) is 4.49. The monoisotopic (exact) mass is 484 g/mol. The quantitative estimate of drug-likeness (QED) is 0.376. The molecule has 178 valence electrons. The van der Waals surface area contributed by atoms with E-state index in [1.807, 2.05) is 44.2 Å². The van der Waals surface area contributed by atoms with E-state index in [4.69, 9.17) is 9.47 Å². The van der Waals surface area contributed by atoms with E-state index in [1.165, 1.54) is 12.1 Å². The summed E-state index contributed by atoms with van der Waals surface area (Å²) in [7, 11) is 0. The van der Waals surface area contributed by atoms with Gasteiger partial charge in [-0.25, -0.2) is 4.39 Å². The molecule has 0 aliphatic carbocycles. The molecule has 4 rings (SSSR count). The van der Waals surface area contributed by atoms with Crippen LogP contribution in [0.2, 0.25) is 0 Å². The molecule has 1 aromatic heterocycles. The second-order valence-corrected chi connectivity index (χ2v) is 8.93. The summed E-state index contributed by atoms with van der Waals surface area (Å²) in [5.41, 5.74) is 1.49. The highest BCUT2D eigenvalue weighted by Gasteiger charge is 2.26. The third-order valence-electron chi connectivity index (χ3n) is 5.20. The number of nitrogens with zero attached hydrogens (tertiary/aromatic N) is 4. The van der Waals surface area contributed by atoms with Crippen molar-refractivity contribution in [3.05, 3.63) is 60.4 Å². The number of morpholine rings is 1. The SMILES string of the molecule is CC1CN(C(=O)COC(=O)CSc2nnc(-c3ccc(F)cc3)n2-c2ccccc2)CC(C)O1. The van der Waals surface area contributed by atoms with Gasteiger partial charge in [-0.2, -0.15) is 0 Å². The van der Waals surface area contributed by atoms with E-state index in [-0.39, 0.29) is 36.3 Å². The van der Waals surface area contributed by atoms with E-state index < -0.39 is 5.97 Å². The zero-order chi connectivity index (χ0) is 24.1. The van der Waals surface area contributed by atoms with Gasteiger partial charge in [0.15, 0.2) is 17.6 Å². The number of hydrogen-bond donors (Lipinski definition) is 0. The van der Waals surface area contributed by atoms with Gasteiger partial charge < -0.3 is 14.4 Å². The maximum Gasteiger partial charge on any atom is 0.316 e. The van der Waals surface area contributed by atoms with Crippen molar-refractivity contribution in [2.24, 2.45) is 0 Å². The molecule has 1 aliphatic heterocycles. The maximum atomic E-state index is 13.4. The Bertz CT molecular complexity index is 1130. The molecular weight excluding hydrogens is 459 g/mol.